The fourth-order valence-corrected chi connectivity index (χ4v) is 6.84. The fourth-order valence-electron chi connectivity index (χ4n) is 6.56. The van der Waals surface area contributed by atoms with Gasteiger partial charge in [0, 0.05) is 18.2 Å². The molecule has 3 heterocycles. The van der Waals surface area contributed by atoms with Crippen molar-refractivity contribution in [1.82, 2.24) is 9.80 Å². The van der Waals surface area contributed by atoms with Crippen LogP contribution in [0.2, 0.25) is 5.02 Å². The zero-order valence-corrected chi connectivity index (χ0v) is 22.2. The molecule has 2 aromatic carbocycles. The van der Waals surface area contributed by atoms with E-state index in [0.717, 1.165) is 61.3 Å². The number of piperidine rings is 3. The van der Waals surface area contributed by atoms with Crippen LogP contribution < -0.4 is 9.84 Å². The van der Waals surface area contributed by atoms with Crippen molar-refractivity contribution in [3.8, 4) is 16.9 Å². The van der Waals surface area contributed by atoms with Gasteiger partial charge in [-0.1, -0.05) is 43.6 Å². The van der Waals surface area contributed by atoms with Crippen molar-refractivity contribution in [3.63, 3.8) is 0 Å². The number of hydrogen-bond donors (Lipinski definition) is 0. The molecule has 0 N–H and O–H groups in total. The zero-order chi connectivity index (χ0) is 25.1. The third-order valence-electron chi connectivity index (χ3n) is 7.97. The van der Waals surface area contributed by atoms with Crippen LogP contribution in [0.1, 0.15) is 64.6 Å². The van der Waals surface area contributed by atoms with Crippen LogP contribution >= 0.6 is 11.6 Å². The predicted octanol–water partition coefficient (Wildman–Crippen LogP) is 5.55. The number of rotatable bonds is 4. The molecule has 2 aromatic rings. The van der Waals surface area contributed by atoms with E-state index in [1.165, 1.54) is 5.56 Å². The molecule has 0 radical (unpaired) electrons. The van der Waals surface area contributed by atoms with Crippen molar-refractivity contribution in [1.29, 1.82) is 0 Å². The van der Waals surface area contributed by atoms with Crippen molar-refractivity contribution >= 4 is 17.7 Å². The Morgan fingerprint density at radius 1 is 1.14 bits per heavy atom. The van der Waals surface area contributed by atoms with Gasteiger partial charge in [-0.25, -0.2) is 0 Å². The van der Waals surface area contributed by atoms with Crippen molar-refractivity contribution in [2.24, 2.45) is 11.3 Å². The van der Waals surface area contributed by atoms with Gasteiger partial charge in [0.1, 0.15) is 17.4 Å². The Morgan fingerprint density at radius 3 is 2.43 bits per heavy atom. The first kappa shape index (κ1) is 24.5. The summed E-state index contributed by atoms with van der Waals surface area (Å²) in [7, 11) is 0. The quantitative estimate of drug-likeness (QED) is 0.558. The van der Waals surface area contributed by atoms with E-state index in [2.05, 4.69) is 36.9 Å². The Balaban J connectivity index is 1.48. The average molecular weight is 496 g/mol. The number of carbonyl (C=O) groups excluding carboxylic acids is 1. The molecule has 5 nitrogen and oxygen atoms in total. The molecule has 2 atom stereocenters. The van der Waals surface area contributed by atoms with Gasteiger partial charge in [-0.3, -0.25) is 0 Å². The van der Waals surface area contributed by atoms with Gasteiger partial charge >= 0.3 is 0 Å². The predicted molar refractivity (Wildman–Crippen MR) is 138 cm³/mol. The summed E-state index contributed by atoms with van der Waals surface area (Å²) in [5.74, 6) is 1.17. The topological polar surface area (TPSA) is 55.8 Å². The van der Waals surface area contributed by atoms with E-state index < -0.39 is 6.09 Å². The summed E-state index contributed by atoms with van der Waals surface area (Å²) in [4.78, 5) is 16.7. The van der Waals surface area contributed by atoms with E-state index in [0.29, 0.717) is 10.9 Å². The minimum Gasteiger partial charge on any atom is -0.530 e. The van der Waals surface area contributed by atoms with Gasteiger partial charge in [-0.05, 0) is 99.3 Å². The van der Waals surface area contributed by atoms with E-state index in [9.17, 15) is 9.90 Å². The first-order chi connectivity index (χ1) is 16.4. The Labute approximate surface area is 214 Å². The molecule has 4 aliphatic rings. The maximum absolute atomic E-state index is 12.6. The zero-order valence-electron chi connectivity index (χ0n) is 21.4. The highest BCUT2D eigenvalue weighted by Gasteiger charge is 2.48. The summed E-state index contributed by atoms with van der Waals surface area (Å²) in [5.41, 5.74) is 3.76. The molecule has 1 amide bonds. The third kappa shape index (κ3) is 4.65. The van der Waals surface area contributed by atoms with E-state index in [1.807, 2.05) is 39.0 Å². The van der Waals surface area contributed by atoms with Crippen LogP contribution in [-0.2, 0) is 6.42 Å². The number of hydrogen-bond acceptors (Lipinski definition) is 4. The number of halogens is 1. The van der Waals surface area contributed by atoms with Gasteiger partial charge in [-0.15, -0.1) is 0 Å². The minimum absolute atomic E-state index is 0.00204. The highest BCUT2D eigenvalue weighted by molar-refractivity contribution is 6.33. The molecule has 188 valence electrons. The Morgan fingerprint density at radius 2 is 1.86 bits per heavy atom. The fraction of sp³-hybridized carbons (Fsp3) is 0.552. The normalized spacial score (nSPS) is 26.9. The van der Waals surface area contributed by atoms with Crippen LogP contribution in [0.5, 0.6) is 5.75 Å². The lowest BCUT2D eigenvalue weighted by atomic mass is 9.79. The number of fused-ring (bicyclic) bond motifs is 4. The second kappa shape index (κ2) is 8.70. The van der Waals surface area contributed by atoms with Gasteiger partial charge in [0.15, 0.2) is 0 Å². The summed E-state index contributed by atoms with van der Waals surface area (Å²) >= 11 is 6.68. The first-order valence-electron chi connectivity index (χ1n) is 12.8. The van der Waals surface area contributed by atoms with Gasteiger partial charge in [-0.2, -0.15) is 0 Å². The highest BCUT2D eigenvalue weighted by atomic mass is 35.5. The number of nitrogens with zero attached hydrogens (tertiary/aromatic N) is 2. The van der Waals surface area contributed by atoms with Crippen LogP contribution in [-0.4, -0.2) is 47.2 Å². The minimum atomic E-state index is -1.05. The molecule has 0 spiro atoms. The lowest BCUT2D eigenvalue weighted by molar-refractivity contribution is -0.276. The molecule has 3 aliphatic heterocycles. The van der Waals surface area contributed by atoms with Gasteiger partial charge in [0.05, 0.1) is 11.1 Å². The number of benzene rings is 2. The van der Waals surface area contributed by atoms with E-state index in [1.54, 1.807) is 4.90 Å². The molecule has 35 heavy (non-hydrogen) atoms. The molecular formula is C29H36ClN2O3-. The molecule has 3 fully saturated rings. The van der Waals surface area contributed by atoms with Crippen LogP contribution in [0.25, 0.3) is 11.1 Å². The standard InChI is InChI=1S/C29H37ClN2O3/c1-28(2,3)35-21-7-9-22(24(30)15-21)19-6-8-23-20(14-19)16-29(4,5)26(23)32(27(33)34)25-17-31-12-10-18(25)11-13-31/h6-9,14-15,18,25-26H,10-13,16-17H2,1-5H3,(H,33,34)/p-1/t25-,26+/m1/s1. The van der Waals surface area contributed by atoms with Crippen molar-refractivity contribution in [3.05, 3.63) is 52.5 Å². The van der Waals surface area contributed by atoms with Gasteiger partial charge in [0.25, 0.3) is 0 Å². The second-order valence-corrected chi connectivity index (χ2v) is 12.6. The number of carboxylic acid groups (broad SMARTS) is 1. The SMILES string of the molecule is CC(C)(C)Oc1ccc(-c2ccc3c(c2)CC(C)(C)[C@H]3N(C(=O)[O-])[C@@H]2CN3CCC2CC3)c(Cl)c1. The maximum atomic E-state index is 12.6. The molecule has 6 heteroatoms. The van der Waals surface area contributed by atoms with Crippen LogP contribution in [0, 0.1) is 11.3 Å². The molecule has 0 aromatic heterocycles. The van der Waals surface area contributed by atoms with E-state index in [-0.39, 0.29) is 23.1 Å². The first-order valence-corrected chi connectivity index (χ1v) is 13.1. The van der Waals surface area contributed by atoms with Crippen molar-refractivity contribution in [2.45, 2.75) is 71.6 Å². The summed E-state index contributed by atoms with van der Waals surface area (Å²) in [6.07, 6.45) is 1.91. The van der Waals surface area contributed by atoms with E-state index in [4.69, 9.17) is 16.3 Å². The average Bonchev–Trinajstić information content (AvgIpc) is 3.03. The molecule has 0 saturated carbocycles. The Kier molecular flexibility index (Phi) is 6.08. The summed E-state index contributed by atoms with van der Waals surface area (Å²) < 4.78 is 5.96. The monoisotopic (exact) mass is 495 g/mol. The Bertz CT molecular complexity index is 1130. The third-order valence-corrected chi connectivity index (χ3v) is 8.28. The molecule has 1 aliphatic carbocycles. The molecule has 0 unspecified atom stereocenters. The molecular weight excluding hydrogens is 460 g/mol. The van der Waals surface area contributed by atoms with Gasteiger partial charge < -0.3 is 24.4 Å². The lowest BCUT2D eigenvalue weighted by Crippen LogP contribution is -2.62. The van der Waals surface area contributed by atoms with Crippen LogP contribution in [0.3, 0.4) is 0 Å². The summed E-state index contributed by atoms with van der Waals surface area (Å²) in [5, 5.41) is 13.2. The summed E-state index contributed by atoms with van der Waals surface area (Å²) in [6, 6.07) is 12.0. The largest absolute Gasteiger partial charge is 0.530 e. The lowest BCUT2D eigenvalue weighted by Gasteiger charge is -2.53. The van der Waals surface area contributed by atoms with Crippen molar-refractivity contribution < 1.29 is 14.6 Å². The number of ether oxygens (including phenoxy) is 1. The maximum Gasteiger partial charge on any atom is 0.137 e. The second-order valence-electron chi connectivity index (χ2n) is 12.2. The number of carbonyl (C=O) groups is 1. The number of amides is 1. The summed E-state index contributed by atoms with van der Waals surface area (Å²) in [6.45, 7) is 13.4. The van der Waals surface area contributed by atoms with Crippen molar-refractivity contribution in [2.75, 3.05) is 19.6 Å². The van der Waals surface area contributed by atoms with Crippen LogP contribution in [0.4, 0.5) is 4.79 Å². The van der Waals surface area contributed by atoms with E-state index >= 15 is 0 Å². The Hall–Kier alpha value is -2.24. The molecule has 2 bridgehead atoms. The van der Waals surface area contributed by atoms with Gasteiger partial charge in [0.2, 0.25) is 0 Å². The smallest absolute Gasteiger partial charge is 0.137 e. The highest BCUT2D eigenvalue weighted by Crippen LogP contribution is 2.51. The van der Waals surface area contributed by atoms with Crippen LogP contribution in [0.15, 0.2) is 36.4 Å². The molecule has 6 rings (SSSR count). The molecule has 3 saturated heterocycles.